The van der Waals surface area contributed by atoms with Gasteiger partial charge < -0.3 is 0 Å². The van der Waals surface area contributed by atoms with Crippen molar-refractivity contribution in [3.8, 4) is 0 Å². The molecule has 0 aliphatic rings. The minimum atomic E-state index is -0.0801. The van der Waals surface area contributed by atoms with Crippen molar-refractivity contribution >= 4 is 29.0 Å². The highest BCUT2D eigenvalue weighted by Crippen LogP contribution is 2.28. The Morgan fingerprint density at radius 3 is 2.44 bits per heavy atom. The quantitative estimate of drug-likeness (QED) is 0.719. The average molecular weight is 279 g/mol. The van der Waals surface area contributed by atoms with Gasteiger partial charge in [0, 0.05) is 16.1 Å². The van der Waals surface area contributed by atoms with E-state index in [1.165, 1.54) is 0 Å². The van der Waals surface area contributed by atoms with Gasteiger partial charge in [0.25, 0.3) is 0 Å². The molecule has 0 N–H and O–H groups in total. The first-order valence-corrected chi connectivity index (χ1v) is 6.32. The lowest BCUT2D eigenvalue weighted by atomic mass is 10.0. The second kappa shape index (κ2) is 5.13. The normalized spacial score (nSPS) is 10.4. The number of halogens is 2. The molecular formula is C15H12Cl2O. The number of rotatable bonds is 2. The molecule has 0 atom stereocenters. The highest BCUT2D eigenvalue weighted by atomic mass is 35.5. The Morgan fingerprint density at radius 2 is 1.78 bits per heavy atom. The van der Waals surface area contributed by atoms with E-state index in [4.69, 9.17) is 23.2 Å². The van der Waals surface area contributed by atoms with Crippen LogP contribution < -0.4 is 0 Å². The van der Waals surface area contributed by atoms with Crippen molar-refractivity contribution < 1.29 is 4.79 Å². The standard InChI is InChI=1S/C15H12Cl2O/c1-9-4-3-5-11(8-9)15(18)12-6-7-13(16)10(2)14(12)17/h3-8H,1-2H3. The predicted octanol–water partition coefficient (Wildman–Crippen LogP) is 4.84. The van der Waals surface area contributed by atoms with Crippen LogP contribution >= 0.6 is 23.2 Å². The summed E-state index contributed by atoms with van der Waals surface area (Å²) >= 11 is 12.1. The van der Waals surface area contributed by atoms with Gasteiger partial charge >= 0.3 is 0 Å². The van der Waals surface area contributed by atoms with E-state index < -0.39 is 0 Å². The molecule has 0 bridgehead atoms. The second-order valence-corrected chi connectivity index (χ2v) is 5.02. The molecule has 0 unspecified atom stereocenters. The van der Waals surface area contributed by atoms with E-state index in [-0.39, 0.29) is 5.78 Å². The van der Waals surface area contributed by atoms with Gasteiger partial charge in [-0.15, -0.1) is 0 Å². The van der Waals surface area contributed by atoms with Gasteiger partial charge in [0.05, 0.1) is 5.02 Å². The second-order valence-electron chi connectivity index (χ2n) is 4.23. The summed E-state index contributed by atoms with van der Waals surface area (Å²) in [5, 5.41) is 0.995. The maximum absolute atomic E-state index is 12.4. The molecule has 0 radical (unpaired) electrons. The molecule has 2 aromatic carbocycles. The number of hydrogen-bond acceptors (Lipinski definition) is 1. The molecule has 3 heteroatoms. The third kappa shape index (κ3) is 2.43. The van der Waals surface area contributed by atoms with Crippen LogP contribution in [0, 0.1) is 13.8 Å². The molecule has 0 fully saturated rings. The van der Waals surface area contributed by atoms with Gasteiger partial charge in [0.15, 0.2) is 5.78 Å². The lowest BCUT2D eigenvalue weighted by Crippen LogP contribution is -2.03. The van der Waals surface area contributed by atoms with Crippen LogP contribution in [0.1, 0.15) is 27.0 Å². The Bertz CT molecular complexity index is 618. The molecule has 0 aliphatic heterocycles. The molecule has 0 aliphatic carbocycles. The monoisotopic (exact) mass is 278 g/mol. The lowest BCUT2D eigenvalue weighted by molar-refractivity contribution is 0.103. The number of carbonyl (C=O) groups excluding carboxylic acids is 1. The van der Waals surface area contributed by atoms with Gasteiger partial charge in [-0.2, -0.15) is 0 Å². The third-order valence-electron chi connectivity index (χ3n) is 2.85. The minimum absolute atomic E-state index is 0.0801. The van der Waals surface area contributed by atoms with Crippen LogP contribution in [-0.2, 0) is 0 Å². The van der Waals surface area contributed by atoms with Crippen molar-refractivity contribution in [2.24, 2.45) is 0 Å². The maximum Gasteiger partial charge on any atom is 0.194 e. The fourth-order valence-electron chi connectivity index (χ4n) is 1.78. The van der Waals surface area contributed by atoms with Crippen molar-refractivity contribution in [3.05, 3.63) is 68.7 Å². The van der Waals surface area contributed by atoms with Crippen LogP contribution in [0.3, 0.4) is 0 Å². The fraction of sp³-hybridized carbons (Fsp3) is 0.133. The largest absolute Gasteiger partial charge is 0.289 e. The van der Waals surface area contributed by atoms with Crippen molar-refractivity contribution in [1.29, 1.82) is 0 Å². The van der Waals surface area contributed by atoms with E-state index >= 15 is 0 Å². The first kappa shape index (κ1) is 13.1. The summed E-state index contributed by atoms with van der Waals surface area (Å²) in [6.07, 6.45) is 0. The summed E-state index contributed by atoms with van der Waals surface area (Å²) in [4.78, 5) is 12.4. The molecule has 92 valence electrons. The zero-order chi connectivity index (χ0) is 13.3. The Kier molecular flexibility index (Phi) is 3.74. The maximum atomic E-state index is 12.4. The van der Waals surface area contributed by atoms with Crippen molar-refractivity contribution in [2.75, 3.05) is 0 Å². The molecule has 0 heterocycles. The van der Waals surface area contributed by atoms with Crippen LogP contribution in [0.4, 0.5) is 0 Å². The minimum Gasteiger partial charge on any atom is -0.289 e. The Labute approximate surface area is 116 Å². The van der Waals surface area contributed by atoms with Gasteiger partial charge in [0.2, 0.25) is 0 Å². The summed E-state index contributed by atoms with van der Waals surface area (Å²) in [5.41, 5.74) is 2.90. The van der Waals surface area contributed by atoms with E-state index in [9.17, 15) is 4.79 Å². The molecule has 0 saturated heterocycles. The van der Waals surface area contributed by atoms with E-state index in [1.807, 2.05) is 25.1 Å². The van der Waals surface area contributed by atoms with Crippen LogP contribution in [-0.4, -0.2) is 5.78 Å². The van der Waals surface area contributed by atoms with Crippen LogP contribution in [0.25, 0.3) is 0 Å². The summed E-state index contributed by atoms with van der Waals surface area (Å²) in [6.45, 7) is 3.75. The Balaban J connectivity index is 2.50. The molecule has 0 aromatic heterocycles. The number of carbonyl (C=O) groups is 1. The van der Waals surface area contributed by atoms with E-state index in [0.29, 0.717) is 21.2 Å². The summed E-state index contributed by atoms with van der Waals surface area (Å²) in [6, 6.07) is 10.8. The summed E-state index contributed by atoms with van der Waals surface area (Å²) in [7, 11) is 0. The molecular weight excluding hydrogens is 267 g/mol. The number of hydrogen-bond donors (Lipinski definition) is 0. The average Bonchev–Trinajstić information content (AvgIpc) is 2.35. The number of ketones is 1. The third-order valence-corrected chi connectivity index (χ3v) is 3.74. The van der Waals surface area contributed by atoms with E-state index in [1.54, 1.807) is 25.1 Å². The predicted molar refractivity (Wildman–Crippen MR) is 75.8 cm³/mol. The smallest absolute Gasteiger partial charge is 0.194 e. The van der Waals surface area contributed by atoms with Crippen LogP contribution in [0.15, 0.2) is 36.4 Å². The molecule has 0 spiro atoms. The first-order valence-electron chi connectivity index (χ1n) is 5.56. The highest BCUT2D eigenvalue weighted by Gasteiger charge is 2.15. The summed E-state index contributed by atoms with van der Waals surface area (Å²) < 4.78 is 0. The van der Waals surface area contributed by atoms with Crippen LogP contribution in [0.2, 0.25) is 10.0 Å². The van der Waals surface area contributed by atoms with Crippen LogP contribution in [0.5, 0.6) is 0 Å². The lowest BCUT2D eigenvalue weighted by Gasteiger charge is -2.08. The zero-order valence-electron chi connectivity index (χ0n) is 10.1. The zero-order valence-corrected chi connectivity index (χ0v) is 11.6. The summed E-state index contributed by atoms with van der Waals surface area (Å²) in [5.74, 6) is -0.0801. The van der Waals surface area contributed by atoms with Gasteiger partial charge in [0.1, 0.15) is 0 Å². The molecule has 0 amide bonds. The highest BCUT2D eigenvalue weighted by molar-refractivity contribution is 6.38. The molecule has 2 aromatic rings. The number of benzene rings is 2. The molecule has 1 nitrogen and oxygen atoms in total. The number of aryl methyl sites for hydroxylation is 1. The Hall–Kier alpha value is -1.31. The van der Waals surface area contributed by atoms with Gasteiger partial charge in [-0.05, 0) is 37.6 Å². The van der Waals surface area contributed by atoms with Crippen molar-refractivity contribution in [2.45, 2.75) is 13.8 Å². The van der Waals surface area contributed by atoms with E-state index in [2.05, 4.69) is 0 Å². The van der Waals surface area contributed by atoms with E-state index in [0.717, 1.165) is 11.1 Å². The van der Waals surface area contributed by atoms with Crippen molar-refractivity contribution in [1.82, 2.24) is 0 Å². The Morgan fingerprint density at radius 1 is 1.06 bits per heavy atom. The first-order chi connectivity index (χ1) is 8.50. The SMILES string of the molecule is Cc1cccc(C(=O)c2ccc(Cl)c(C)c2Cl)c1. The van der Waals surface area contributed by atoms with Gasteiger partial charge in [-0.1, -0.05) is 47.0 Å². The molecule has 18 heavy (non-hydrogen) atoms. The van der Waals surface area contributed by atoms with Crippen molar-refractivity contribution in [3.63, 3.8) is 0 Å². The topological polar surface area (TPSA) is 17.1 Å². The van der Waals surface area contributed by atoms with Gasteiger partial charge in [-0.25, -0.2) is 0 Å². The molecule has 0 saturated carbocycles. The fourth-order valence-corrected chi connectivity index (χ4v) is 2.24. The molecule has 2 rings (SSSR count). The van der Waals surface area contributed by atoms with Gasteiger partial charge in [-0.3, -0.25) is 4.79 Å².